The van der Waals surface area contributed by atoms with E-state index in [4.69, 9.17) is 5.11 Å². The Hall–Kier alpha value is -1.01. The molecule has 0 saturated carbocycles. The van der Waals surface area contributed by atoms with Crippen LogP contribution in [-0.2, 0) is 17.9 Å². The topological polar surface area (TPSA) is 58.4 Å². The van der Waals surface area contributed by atoms with Crippen LogP contribution in [0.3, 0.4) is 0 Å². The molecule has 106 valence electrons. The molecule has 1 aliphatic rings. The average Bonchev–Trinajstić information content (AvgIpc) is 2.79. The number of thioether (sulfide) groups is 1. The van der Waals surface area contributed by atoms with E-state index in [-0.39, 0.29) is 12.5 Å². The third-order valence-corrected chi connectivity index (χ3v) is 4.46. The first-order chi connectivity index (χ1) is 9.20. The van der Waals surface area contributed by atoms with Crippen LogP contribution in [0.5, 0.6) is 0 Å². The van der Waals surface area contributed by atoms with Crippen molar-refractivity contribution in [2.24, 2.45) is 0 Å². The molecule has 5 nitrogen and oxygen atoms in total. The van der Waals surface area contributed by atoms with Gasteiger partial charge in [0.25, 0.3) is 0 Å². The molecule has 0 aromatic carbocycles. The van der Waals surface area contributed by atoms with E-state index in [0.717, 1.165) is 37.6 Å². The molecular formula is C13H21N3O2S. The number of aromatic nitrogens is 2. The van der Waals surface area contributed by atoms with Crippen molar-refractivity contribution in [1.82, 2.24) is 14.7 Å². The van der Waals surface area contributed by atoms with Crippen molar-refractivity contribution in [2.75, 3.05) is 18.1 Å². The van der Waals surface area contributed by atoms with Crippen LogP contribution >= 0.6 is 11.8 Å². The minimum absolute atomic E-state index is 0.140. The summed E-state index contributed by atoms with van der Waals surface area (Å²) in [5.74, 6) is 1.28. The summed E-state index contributed by atoms with van der Waals surface area (Å²) in [6, 6.07) is 2.18. The van der Waals surface area contributed by atoms with Crippen molar-refractivity contribution in [1.29, 1.82) is 0 Å². The van der Waals surface area contributed by atoms with Crippen LogP contribution in [-0.4, -0.2) is 49.8 Å². The van der Waals surface area contributed by atoms with E-state index >= 15 is 0 Å². The quantitative estimate of drug-likeness (QED) is 0.861. The highest BCUT2D eigenvalue weighted by Crippen LogP contribution is 2.21. The molecule has 2 rings (SSSR count). The van der Waals surface area contributed by atoms with Crippen molar-refractivity contribution in [3.05, 3.63) is 18.0 Å². The fourth-order valence-corrected chi connectivity index (χ4v) is 3.53. The van der Waals surface area contributed by atoms with Gasteiger partial charge in [0.15, 0.2) is 0 Å². The molecule has 1 aliphatic heterocycles. The minimum atomic E-state index is -0.709. The summed E-state index contributed by atoms with van der Waals surface area (Å²) in [5, 5.41) is 13.3. The Balaban J connectivity index is 2.02. The predicted octanol–water partition coefficient (Wildman–Crippen LogP) is 1.69. The molecule has 0 bridgehead atoms. The Morgan fingerprint density at radius 1 is 1.63 bits per heavy atom. The lowest BCUT2D eigenvalue weighted by molar-refractivity contribution is -0.138. The highest BCUT2D eigenvalue weighted by molar-refractivity contribution is 7.99. The molecule has 1 N–H and O–H groups in total. The number of nitrogens with zero attached hydrogens (tertiary/aromatic N) is 3. The Kier molecular flexibility index (Phi) is 5.27. The van der Waals surface area contributed by atoms with Crippen LogP contribution in [0.25, 0.3) is 0 Å². The number of hydrogen-bond acceptors (Lipinski definition) is 4. The van der Waals surface area contributed by atoms with Crippen molar-refractivity contribution >= 4 is 17.7 Å². The van der Waals surface area contributed by atoms with Crippen LogP contribution in [0, 0.1) is 0 Å². The fraction of sp³-hybridized carbons (Fsp3) is 0.692. The third-order valence-electron chi connectivity index (χ3n) is 3.36. The number of carbonyl (C=O) groups is 1. The molecule has 0 radical (unpaired) electrons. The molecule has 1 saturated heterocycles. The van der Waals surface area contributed by atoms with Gasteiger partial charge in [0.05, 0.1) is 12.1 Å². The zero-order valence-electron chi connectivity index (χ0n) is 11.3. The Bertz CT molecular complexity index is 422. The number of carboxylic acids is 1. The van der Waals surface area contributed by atoms with E-state index in [1.165, 1.54) is 5.69 Å². The smallest absolute Gasteiger partial charge is 0.304 e. The van der Waals surface area contributed by atoms with Crippen molar-refractivity contribution in [3.8, 4) is 0 Å². The maximum Gasteiger partial charge on any atom is 0.304 e. The standard InChI is InChI=1S/C13H21N3O2S/c1-2-5-16-11(3-4-14-16)9-15-6-7-19-10-12(15)8-13(17)18/h3-4,12H,2,5-10H2,1H3,(H,17,18). The maximum absolute atomic E-state index is 10.9. The van der Waals surface area contributed by atoms with Crippen LogP contribution in [0.2, 0.25) is 0 Å². The van der Waals surface area contributed by atoms with E-state index in [2.05, 4.69) is 16.9 Å². The van der Waals surface area contributed by atoms with Gasteiger partial charge in [0, 0.05) is 43.4 Å². The highest BCUT2D eigenvalue weighted by Gasteiger charge is 2.25. The van der Waals surface area contributed by atoms with E-state index in [0.29, 0.717) is 0 Å². The van der Waals surface area contributed by atoms with E-state index < -0.39 is 5.97 Å². The van der Waals surface area contributed by atoms with Crippen LogP contribution in [0.1, 0.15) is 25.5 Å². The second-order valence-electron chi connectivity index (χ2n) is 4.84. The van der Waals surface area contributed by atoms with Gasteiger partial charge in [-0.3, -0.25) is 14.4 Å². The summed E-state index contributed by atoms with van der Waals surface area (Å²) in [4.78, 5) is 13.2. The van der Waals surface area contributed by atoms with Gasteiger partial charge in [-0.2, -0.15) is 16.9 Å². The number of carboxylic acid groups (broad SMARTS) is 1. The molecule has 2 heterocycles. The molecule has 1 fully saturated rings. The van der Waals surface area contributed by atoms with E-state index in [1.54, 1.807) is 0 Å². The molecule has 0 spiro atoms. The lowest BCUT2D eigenvalue weighted by atomic mass is 10.2. The molecule has 0 amide bonds. The van der Waals surface area contributed by atoms with Gasteiger partial charge < -0.3 is 5.11 Å². The van der Waals surface area contributed by atoms with Gasteiger partial charge >= 0.3 is 5.97 Å². The van der Waals surface area contributed by atoms with Gasteiger partial charge in [-0.15, -0.1) is 0 Å². The Morgan fingerprint density at radius 2 is 2.47 bits per heavy atom. The van der Waals surface area contributed by atoms with Gasteiger partial charge in [-0.05, 0) is 12.5 Å². The molecular weight excluding hydrogens is 262 g/mol. The molecule has 0 aliphatic carbocycles. The highest BCUT2D eigenvalue weighted by atomic mass is 32.2. The summed E-state index contributed by atoms with van der Waals surface area (Å²) >= 11 is 1.85. The zero-order valence-corrected chi connectivity index (χ0v) is 12.1. The average molecular weight is 283 g/mol. The summed E-state index contributed by atoms with van der Waals surface area (Å²) < 4.78 is 2.03. The first-order valence-electron chi connectivity index (χ1n) is 6.75. The summed E-state index contributed by atoms with van der Waals surface area (Å²) in [5.41, 5.74) is 1.18. The van der Waals surface area contributed by atoms with Gasteiger partial charge in [-0.1, -0.05) is 6.92 Å². The maximum atomic E-state index is 10.9. The number of hydrogen-bond donors (Lipinski definition) is 1. The van der Waals surface area contributed by atoms with Gasteiger partial charge in [0.1, 0.15) is 0 Å². The fourth-order valence-electron chi connectivity index (χ4n) is 2.40. The van der Waals surface area contributed by atoms with Crippen LogP contribution < -0.4 is 0 Å². The summed E-state index contributed by atoms with van der Waals surface area (Å²) in [6.07, 6.45) is 3.12. The molecule has 6 heteroatoms. The van der Waals surface area contributed by atoms with Crippen LogP contribution in [0.4, 0.5) is 0 Å². The van der Waals surface area contributed by atoms with Crippen molar-refractivity contribution in [3.63, 3.8) is 0 Å². The number of rotatable bonds is 6. The SMILES string of the molecule is CCCn1nccc1CN1CCSCC1CC(=O)O. The molecule has 19 heavy (non-hydrogen) atoms. The predicted molar refractivity (Wildman–Crippen MR) is 76.3 cm³/mol. The van der Waals surface area contributed by atoms with E-state index in [9.17, 15) is 4.79 Å². The first kappa shape index (κ1) is 14.4. The first-order valence-corrected chi connectivity index (χ1v) is 7.90. The van der Waals surface area contributed by atoms with Gasteiger partial charge in [0.2, 0.25) is 0 Å². The number of aryl methyl sites for hydroxylation is 1. The zero-order chi connectivity index (χ0) is 13.7. The molecule has 1 aromatic rings. The normalized spacial score (nSPS) is 20.6. The van der Waals surface area contributed by atoms with Crippen molar-refractivity contribution in [2.45, 2.75) is 38.9 Å². The molecule has 1 aromatic heterocycles. The molecule has 1 atom stereocenters. The summed E-state index contributed by atoms with van der Waals surface area (Å²) in [7, 11) is 0. The third kappa shape index (κ3) is 3.98. The number of aliphatic carboxylic acids is 1. The minimum Gasteiger partial charge on any atom is -0.481 e. The second kappa shape index (κ2) is 6.96. The molecule has 1 unspecified atom stereocenters. The largest absolute Gasteiger partial charge is 0.481 e. The monoisotopic (exact) mass is 283 g/mol. The lowest BCUT2D eigenvalue weighted by Gasteiger charge is -2.34. The van der Waals surface area contributed by atoms with Gasteiger partial charge in [-0.25, -0.2) is 0 Å². The van der Waals surface area contributed by atoms with Crippen molar-refractivity contribution < 1.29 is 9.90 Å². The Labute approximate surface area is 118 Å². The van der Waals surface area contributed by atoms with E-state index in [1.807, 2.05) is 28.7 Å². The van der Waals surface area contributed by atoms with Crippen LogP contribution in [0.15, 0.2) is 12.3 Å². The summed E-state index contributed by atoms with van der Waals surface area (Å²) in [6.45, 7) is 4.82. The Morgan fingerprint density at radius 3 is 3.21 bits per heavy atom. The lowest BCUT2D eigenvalue weighted by Crippen LogP contribution is -2.43. The second-order valence-corrected chi connectivity index (χ2v) is 5.99.